The summed E-state index contributed by atoms with van der Waals surface area (Å²) in [4.78, 5) is 0. The molecule has 1 heterocycles. The predicted molar refractivity (Wildman–Crippen MR) is 118 cm³/mol. The van der Waals surface area contributed by atoms with Gasteiger partial charge in [0, 0.05) is 6.61 Å². The third-order valence-corrected chi connectivity index (χ3v) is 5.70. The van der Waals surface area contributed by atoms with Crippen LogP contribution in [-0.4, -0.2) is 59.6 Å². The van der Waals surface area contributed by atoms with Crippen molar-refractivity contribution < 1.29 is 24.8 Å². The van der Waals surface area contributed by atoms with Crippen LogP contribution >= 0.6 is 0 Å². The van der Waals surface area contributed by atoms with E-state index in [1.807, 2.05) is 0 Å². The van der Waals surface area contributed by atoms with Gasteiger partial charge < -0.3 is 24.8 Å². The molecule has 0 radical (unpaired) electrons. The van der Waals surface area contributed by atoms with E-state index in [1.165, 1.54) is 77.0 Å². The Bertz CT molecular complexity index is 387. The van der Waals surface area contributed by atoms with E-state index in [9.17, 15) is 15.3 Å². The quantitative estimate of drug-likeness (QED) is 0.227. The van der Waals surface area contributed by atoms with Crippen molar-refractivity contribution in [1.82, 2.24) is 0 Å². The van der Waals surface area contributed by atoms with E-state index >= 15 is 0 Å². The number of rotatable bonds is 18. The minimum absolute atomic E-state index is 0.0445. The van der Waals surface area contributed by atoms with Crippen LogP contribution in [0.25, 0.3) is 0 Å². The minimum Gasteiger partial charge on any atom is -0.388 e. The molecule has 0 aromatic rings. The topological polar surface area (TPSA) is 79.2 Å². The monoisotopic (exact) mass is 414 g/mol. The summed E-state index contributed by atoms with van der Waals surface area (Å²) in [5, 5.41) is 28.9. The average Bonchev–Trinajstić information content (AvgIpc) is 2.72. The smallest absolute Gasteiger partial charge is 0.111 e. The molecular weight excluding hydrogens is 368 g/mol. The summed E-state index contributed by atoms with van der Waals surface area (Å²) in [5.41, 5.74) is 0. The van der Waals surface area contributed by atoms with Crippen molar-refractivity contribution >= 4 is 0 Å². The Morgan fingerprint density at radius 1 is 0.759 bits per heavy atom. The standard InChI is InChI=1S/C24H46O5/c1-2-3-4-5-6-7-8-9-10-11-12-13-14-15-16-17-18-28-20-22-24(27)23(26)21(25)19-29-22/h3-4,21-27H,2,5-20H2,1H3/b4-3+/t21-,22+,23+,24+/m0/s1. The third-order valence-electron chi connectivity index (χ3n) is 5.70. The molecule has 3 N–H and O–H groups in total. The fraction of sp³-hybridized carbons (Fsp3) is 0.917. The molecule has 1 aliphatic heterocycles. The van der Waals surface area contributed by atoms with E-state index < -0.39 is 24.4 Å². The van der Waals surface area contributed by atoms with Crippen molar-refractivity contribution in [2.24, 2.45) is 0 Å². The van der Waals surface area contributed by atoms with E-state index in [2.05, 4.69) is 19.1 Å². The summed E-state index contributed by atoms with van der Waals surface area (Å²) in [7, 11) is 0. The van der Waals surface area contributed by atoms with Crippen LogP contribution in [0.4, 0.5) is 0 Å². The molecule has 1 rings (SSSR count). The summed E-state index contributed by atoms with van der Waals surface area (Å²) in [6.45, 7) is 3.15. The van der Waals surface area contributed by atoms with Crippen LogP contribution in [0.3, 0.4) is 0 Å². The van der Waals surface area contributed by atoms with Crippen molar-refractivity contribution in [2.75, 3.05) is 19.8 Å². The van der Waals surface area contributed by atoms with Gasteiger partial charge in [0.15, 0.2) is 0 Å². The first-order valence-corrected chi connectivity index (χ1v) is 12.0. The Morgan fingerprint density at radius 2 is 1.31 bits per heavy atom. The van der Waals surface area contributed by atoms with Crippen LogP contribution in [0.15, 0.2) is 12.2 Å². The number of aliphatic hydroxyl groups is 3. The van der Waals surface area contributed by atoms with E-state index in [1.54, 1.807) is 0 Å². The Morgan fingerprint density at radius 3 is 1.90 bits per heavy atom. The molecule has 172 valence electrons. The number of ether oxygens (including phenoxy) is 2. The van der Waals surface area contributed by atoms with E-state index in [4.69, 9.17) is 9.47 Å². The Hall–Kier alpha value is -0.460. The Labute approximate surface area is 178 Å². The van der Waals surface area contributed by atoms with Gasteiger partial charge in [-0.3, -0.25) is 0 Å². The van der Waals surface area contributed by atoms with Gasteiger partial charge in [0.25, 0.3) is 0 Å². The van der Waals surface area contributed by atoms with Crippen LogP contribution in [0.1, 0.15) is 96.8 Å². The molecule has 0 bridgehead atoms. The Balaban J connectivity index is 1.77. The number of aliphatic hydroxyl groups excluding tert-OH is 3. The molecule has 0 aliphatic carbocycles. The summed E-state index contributed by atoms with van der Waals surface area (Å²) in [5.74, 6) is 0. The highest BCUT2D eigenvalue weighted by Gasteiger charge is 2.37. The highest BCUT2D eigenvalue weighted by molar-refractivity contribution is 4.86. The molecule has 0 spiro atoms. The zero-order valence-corrected chi connectivity index (χ0v) is 18.6. The lowest BCUT2D eigenvalue weighted by Crippen LogP contribution is -2.54. The average molecular weight is 415 g/mol. The summed E-state index contributed by atoms with van der Waals surface area (Å²) < 4.78 is 10.9. The second-order valence-corrected chi connectivity index (χ2v) is 8.41. The van der Waals surface area contributed by atoms with Crippen molar-refractivity contribution in [3.05, 3.63) is 12.2 Å². The number of hydrogen-bond donors (Lipinski definition) is 3. The zero-order chi connectivity index (χ0) is 21.2. The normalized spacial score (nSPS) is 25.1. The molecule has 5 heteroatoms. The highest BCUT2D eigenvalue weighted by Crippen LogP contribution is 2.16. The van der Waals surface area contributed by atoms with Gasteiger partial charge in [-0.25, -0.2) is 0 Å². The molecule has 0 aromatic heterocycles. The number of unbranched alkanes of at least 4 members (excludes halogenated alkanes) is 12. The van der Waals surface area contributed by atoms with Crippen molar-refractivity contribution in [1.29, 1.82) is 0 Å². The first-order chi connectivity index (χ1) is 14.2. The zero-order valence-electron chi connectivity index (χ0n) is 18.6. The largest absolute Gasteiger partial charge is 0.388 e. The lowest BCUT2D eigenvalue weighted by atomic mass is 10.0. The number of allylic oxidation sites excluding steroid dienone is 2. The van der Waals surface area contributed by atoms with Crippen molar-refractivity contribution in [2.45, 2.75) is 121 Å². The molecule has 1 aliphatic rings. The van der Waals surface area contributed by atoms with Crippen LogP contribution in [-0.2, 0) is 9.47 Å². The second kappa shape index (κ2) is 18.3. The fourth-order valence-corrected chi connectivity index (χ4v) is 3.73. The van der Waals surface area contributed by atoms with Crippen LogP contribution in [0.2, 0.25) is 0 Å². The molecule has 29 heavy (non-hydrogen) atoms. The summed E-state index contributed by atoms with van der Waals surface area (Å²) in [6.07, 6.45) is 18.9. The molecule has 0 aromatic carbocycles. The van der Waals surface area contributed by atoms with Gasteiger partial charge in [0.2, 0.25) is 0 Å². The van der Waals surface area contributed by atoms with Crippen molar-refractivity contribution in [3.8, 4) is 0 Å². The van der Waals surface area contributed by atoms with Crippen LogP contribution in [0, 0.1) is 0 Å². The van der Waals surface area contributed by atoms with E-state index in [0.717, 1.165) is 12.8 Å². The maximum Gasteiger partial charge on any atom is 0.111 e. The third kappa shape index (κ3) is 13.5. The summed E-state index contributed by atoms with van der Waals surface area (Å²) >= 11 is 0. The summed E-state index contributed by atoms with van der Waals surface area (Å²) in [6, 6.07) is 0. The molecular formula is C24H46O5. The fourth-order valence-electron chi connectivity index (χ4n) is 3.73. The lowest BCUT2D eigenvalue weighted by Gasteiger charge is -2.35. The van der Waals surface area contributed by atoms with Gasteiger partial charge in [0.1, 0.15) is 24.4 Å². The second-order valence-electron chi connectivity index (χ2n) is 8.41. The van der Waals surface area contributed by atoms with Gasteiger partial charge in [-0.05, 0) is 25.7 Å². The van der Waals surface area contributed by atoms with Gasteiger partial charge >= 0.3 is 0 Å². The first kappa shape index (κ1) is 26.6. The van der Waals surface area contributed by atoms with Crippen LogP contribution in [0.5, 0.6) is 0 Å². The molecule has 1 fully saturated rings. The molecule has 0 unspecified atom stereocenters. The lowest BCUT2D eigenvalue weighted by molar-refractivity contribution is -0.199. The van der Waals surface area contributed by atoms with Gasteiger partial charge in [-0.15, -0.1) is 0 Å². The molecule has 0 amide bonds. The van der Waals surface area contributed by atoms with E-state index in [0.29, 0.717) is 6.61 Å². The predicted octanol–water partition coefficient (Wildman–Crippen LogP) is 4.52. The SMILES string of the molecule is CC/C=C/CCCCCCCCCCCCCCOC[C@H]1OC[C@H](O)[C@@H](O)[C@@H]1O. The van der Waals surface area contributed by atoms with Gasteiger partial charge in [-0.1, -0.05) is 83.3 Å². The maximum atomic E-state index is 9.83. The minimum atomic E-state index is -1.15. The highest BCUT2D eigenvalue weighted by atomic mass is 16.6. The maximum absolute atomic E-state index is 9.83. The molecule has 0 saturated carbocycles. The van der Waals surface area contributed by atoms with Crippen LogP contribution < -0.4 is 0 Å². The van der Waals surface area contributed by atoms with Gasteiger partial charge in [0.05, 0.1) is 13.2 Å². The molecule has 1 saturated heterocycles. The van der Waals surface area contributed by atoms with E-state index in [-0.39, 0.29) is 13.2 Å². The first-order valence-electron chi connectivity index (χ1n) is 12.0. The molecule has 4 atom stereocenters. The number of hydrogen-bond acceptors (Lipinski definition) is 5. The van der Waals surface area contributed by atoms with Crippen molar-refractivity contribution in [3.63, 3.8) is 0 Å². The Kier molecular flexibility index (Phi) is 16.8. The van der Waals surface area contributed by atoms with Gasteiger partial charge in [-0.2, -0.15) is 0 Å². The molecule has 5 nitrogen and oxygen atoms in total.